The molecule has 0 N–H and O–H groups in total. The second kappa shape index (κ2) is 6.32. The van der Waals surface area contributed by atoms with Gasteiger partial charge in [0.25, 0.3) is 0 Å². The molecule has 1 aromatic rings. The van der Waals surface area contributed by atoms with Crippen molar-refractivity contribution in [3.05, 3.63) is 17.3 Å². The highest BCUT2D eigenvalue weighted by Crippen LogP contribution is 2.39. The molecule has 5 heteroatoms. The van der Waals surface area contributed by atoms with Crippen molar-refractivity contribution in [1.82, 2.24) is 15.1 Å². The molecular formula is C17H26ClN3O. The van der Waals surface area contributed by atoms with Gasteiger partial charge in [0.1, 0.15) is 6.10 Å². The Bertz CT molecular complexity index is 486. The van der Waals surface area contributed by atoms with Crippen LogP contribution >= 0.6 is 11.6 Å². The van der Waals surface area contributed by atoms with Gasteiger partial charge >= 0.3 is 0 Å². The number of hydrogen-bond donors (Lipinski definition) is 0. The van der Waals surface area contributed by atoms with Gasteiger partial charge in [-0.2, -0.15) is 0 Å². The molecule has 1 saturated heterocycles. The number of nitrogens with zero attached hydrogens (tertiary/aromatic N) is 3. The molecule has 2 fully saturated rings. The molecule has 122 valence electrons. The predicted octanol–water partition coefficient (Wildman–Crippen LogP) is 3.66. The van der Waals surface area contributed by atoms with Gasteiger partial charge in [0.15, 0.2) is 5.15 Å². The normalized spacial score (nSPS) is 28.8. The van der Waals surface area contributed by atoms with E-state index in [1.807, 2.05) is 0 Å². The molecule has 3 atom stereocenters. The topological polar surface area (TPSA) is 38.2 Å². The van der Waals surface area contributed by atoms with Crippen molar-refractivity contribution < 1.29 is 4.74 Å². The summed E-state index contributed by atoms with van der Waals surface area (Å²) in [6.45, 7) is 10.6. The standard InChI is InChI=1S/C17H26ClN3O/c1-17(2,3)6-7-21-10-12-8-14(9-13(12)11-21)22-16-5-4-15(18)19-20-16/h4-5,12-14H,6-11H2,1-3H3/t12-,13+,14-. The fourth-order valence-corrected chi connectivity index (χ4v) is 3.75. The SMILES string of the molecule is CC(C)(C)CCN1C[C@H]2C[C@@H](Oc3ccc(Cl)nn3)C[C@H]2C1. The van der Waals surface area contributed by atoms with Gasteiger partial charge in [-0.25, -0.2) is 0 Å². The molecule has 4 nitrogen and oxygen atoms in total. The first-order valence-electron chi connectivity index (χ1n) is 8.27. The van der Waals surface area contributed by atoms with Gasteiger partial charge in [0, 0.05) is 19.2 Å². The average molecular weight is 324 g/mol. The first kappa shape index (κ1) is 16.0. The van der Waals surface area contributed by atoms with E-state index >= 15 is 0 Å². The fraction of sp³-hybridized carbons (Fsp3) is 0.765. The van der Waals surface area contributed by atoms with Crippen molar-refractivity contribution in [3.8, 4) is 5.88 Å². The molecule has 1 aliphatic heterocycles. The van der Waals surface area contributed by atoms with E-state index in [9.17, 15) is 0 Å². The molecule has 0 amide bonds. The van der Waals surface area contributed by atoms with Crippen LogP contribution in [0.1, 0.15) is 40.0 Å². The van der Waals surface area contributed by atoms with E-state index in [1.165, 1.54) is 26.1 Å². The molecule has 0 unspecified atom stereocenters. The van der Waals surface area contributed by atoms with E-state index in [-0.39, 0.29) is 6.10 Å². The van der Waals surface area contributed by atoms with Gasteiger partial charge < -0.3 is 9.64 Å². The van der Waals surface area contributed by atoms with Crippen LogP contribution in [-0.2, 0) is 0 Å². The summed E-state index contributed by atoms with van der Waals surface area (Å²) in [5.41, 5.74) is 0.427. The molecule has 1 aliphatic carbocycles. The van der Waals surface area contributed by atoms with Crippen LogP contribution in [0.3, 0.4) is 0 Å². The van der Waals surface area contributed by atoms with Crippen LogP contribution in [0.15, 0.2) is 12.1 Å². The summed E-state index contributed by atoms with van der Waals surface area (Å²) in [5.74, 6) is 2.16. The smallest absolute Gasteiger partial charge is 0.233 e. The van der Waals surface area contributed by atoms with Gasteiger partial charge in [-0.3, -0.25) is 0 Å². The lowest BCUT2D eigenvalue weighted by Gasteiger charge is -2.24. The van der Waals surface area contributed by atoms with Gasteiger partial charge in [-0.15, -0.1) is 10.2 Å². The Morgan fingerprint density at radius 3 is 2.41 bits per heavy atom. The van der Waals surface area contributed by atoms with E-state index < -0.39 is 0 Å². The number of ether oxygens (including phenoxy) is 1. The number of likely N-dealkylation sites (tertiary alicyclic amines) is 1. The summed E-state index contributed by atoms with van der Waals surface area (Å²) in [6, 6.07) is 3.53. The molecular weight excluding hydrogens is 298 g/mol. The van der Waals surface area contributed by atoms with Crippen molar-refractivity contribution >= 4 is 11.6 Å². The first-order chi connectivity index (χ1) is 10.4. The number of aromatic nitrogens is 2. The number of fused-ring (bicyclic) bond motifs is 1. The lowest BCUT2D eigenvalue weighted by molar-refractivity contribution is 0.173. The van der Waals surface area contributed by atoms with Crippen molar-refractivity contribution in [3.63, 3.8) is 0 Å². The third-order valence-corrected chi connectivity index (χ3v) is 5.06. The minimum absolute atomic E-state index is 0.287. The van der Waals surface area contributed by atoms with Gasteiger partial charge in [0.2, 0.25) is 5.88 Å². The summed E-state index contributed by atoms with van der Waals surface area (Å²) >= 11 is 5.75. The quantitative estimate of drug-likeness (QED) is 0.847. The molecule has 22 heavy (non-hydrogen) atoms. The summed E-state index contributed by atoms with van der Waals surface area (Å²) < 4.78 is 5.97. The van der Waals surface area contributed by atoms with Crippen LogP contribution in [0.25, 0.3) is 0 Å². The van der Waals surface area contributed by atoms with Crippen LogP contribution in [0.2, 0.25) is 5.15 Å². The minimum Gasteiger partial charge on any atom is -0.473 e. The zero-order chi connectivity index (χ0) is 15.7. The average Bonchev–Trinajstić information content (AvgIpc) is 2.96. The van der Waals surface area contributed by atoms with Crippen LogP contribution < -0.4 is 4.74 Å². The van der Waals surface area contributed by atoms with E-state index in [0.717, 1.165) is 24.7 Å². The summed E-state index contributed by atoms with van der Waals surface area (Å²) in [7, 11) is 0. The number of halogens is 1. The van der Waals surface area contributed by atoms with E-state index in [0.29, 0.717) is 16.4 Å². The Balaban J connectivity index is 1.46. The zero-order valence-corrected chi connectivity index (χ0v) is 14.5. The molecule has 0 bridgehead atoms. The lowest BCUT2D eigenvalue weighted by Crippen LogP contribution is -2.28. The highest BCUT2D eigenvalue weighted by Gasteiger charge is 2.41. The summed E-state index contributed by atoms with van der Waals surface area (Å²) in [5, 5.41) is 8.23. The van der Waals surface area contributed by atoms with E-state index in [4.69, 9.17) is 16.3 Å². The van der Waals surface area contributed by atoms with Crippen molar-refractivity contribution in [2.75, 3.05) is 19.6 Å². The van der Waals surface area contributed by atoms with Crippen LogP contribution in [-0.4, -0.2) is 40.8 Å². The Labute approximate surface area is 138 Å². The highest BCUT2D eigenvalue weighted by atomic mass is 35.5. The Kier molecular flexibility index (Phi) is 4.60. The largest absolute Gasteiger partial charge is 0.473 e. The monoisotopic (exact) mass is 323 g/mol. The number of rotatable bonds is 4. The van der Waals surface area contributed by atoms with Crippen LogP contribution in [0, 0.1) is 17.3 Å². The van der Waals surface area contributed by atoms with Gasteiger partial charge in [-0.1, -0.05) is 32.4 Å². The first-order valence-corrected chi connectivity index (χ1v) is 8.65. The van der Waals surface area contributed by atoms with E-state index in [2.05, 4.69) is 35.9 Å². The molecule has 0 spiro atoms. The lowest BCUT2D eigenvalue weighted by atomic mass is 9.92. The van der Waals surface area contributed by atoms with Crippen LogP contribution in [0.4, 0.5) is 0 Å². The second-order valence-corrected chi connectivity index (χ2v) is 8.38. The van der Waals surface area contributed by atoms with Gasteiger partial charge in [0.05, 0.1) is 0 Å². The Hall–Kier alpha value is -0.870. The fourth-order valence-electron chi connectivity index (χ4n) is 3.65. The van der Waals surface area contributed by atoms with Crippen LogP contribution in [0.5, 0.6) is 5.88 Å². The maximum absolute atomic E-state index is 5.97. The molecule has 2 aliphatic rings. The predicted molar refractivity (Wildman–Crippen MR) is 88.2 cm³/mol. The van der Waals surface area contributed by atoms with E-state index in [1.54, 1.807) is 12.1 Å². The maximum atomic E-state index is 5.97. The summed E-state index contributed by atoms with van der Waals surface area (Å²) in [6.07, 6.45) is 3.84. The van der Waals surface area contributed by atoms with Gasteiger partial charge in [-0.05, 0) is 49.1 Å². The highest BCUT2D eigenvalue weighted by molar-refractivity contribution is 6.29. The molecule has 3 rings (SSSR count). The zero-order valence-electron chi connectivity index (χ0n) is 13.8. The molecule has 0 radical (unpaired) electrons. The minimum atomic E-state index is 0.287. The van der Waals surface area contributed by atoms with Crippen molar-refractivity contribution in [1.29, 1.82) is 0 Å². The molecule has 1 aromatic heterocycles. The van der Waals surface area contributed by atoms with Crippen molar-refractivity contribution in [2.45, 2.75) is 46.1 Å². The molecule has 1 saturated carbocycles. The molecule has 0 aromatic carbocycles. The Morgan fingerprint density at radius 1 is 1.18 bits per heavy atom. The molecule has 2 heterocycles. The number of hydrogen-bond acceptors (Lipinski definition) is 4. The Morgan fingerprint density at radius 2 is 1.86 bits per heavy atom. The van der Waals surface area contributed by atoms with Crippen molar-refractivity contribution in [2.24, 2.45) is 17.3 Å². The maximum Gasteiger partial charge on any atom is 0.233 e. The summed E-state index contributed by atoms with van der Waals surface area (Å²) in [4.78, 5) is 2.64. The third kappa shape index (κ3) is 4.11. The third-order valence-electron chi connectivity index (χ3n) is 4.86. The second-order valence-electron chi connectivity index (χ2n) is 8.00.